The molecule has 2 atom stereocenters. The first-order chi connectivity index (χ1) is 6.72. The Labute approximate surface area is 90.4 Å². The van der Waals surface area contributed by atoms with E-state index in [4.69, 9.17) is 4.74 Å². The summed E-state index contributed by atoms with van der Waals surface area (Å²) < 4.78 is 5.03. The summed E-state index contributed by atoms with van der Waals surface area (Å²) in [6, 6.07) is 0. The van der Waals surface area contributed by atoms with Gasteiger partial charge in [-0.15, -0.1) is 0 Å². The Hall–Kier alpha value is 0.270. The highest BCUT2D eigenvalue weighted by Crippen LogP contribution is 2.48. The Bertz CT molecular complexity index is 184. The van der Waals surface area contributed by atoms with Crippen LogP contribution in [0, 0.1) is 0 Å². The van der Waals surface area contributed by atoms with Crippen molar-refractivity contribution in [2.45, 2.75) is 54.6 Å². The van der Waals surface area contributed by atoms with Gasteiger partial charge in [-0.25, -0.2) is 0 Å². The molecule has 2 unspecified atom stereocenters. The molecule has 0 spiro atoms. The summed E-state index contributed by atoms with van der Waals surface area (Å²) >= 11 is 2.10. The smallest absolute Gasteiger partial charge is 0.0669 e. The normalized spacial score (nSPS) is 41.6. The summed E-state index contributed by atoms with van der Waals surface area (Å²) in [6.07, 6.45) is 6.59. The lowest BCUT2D eigenvalue weighted by Gasteiger charge is -2.36. The van der Waals surface area contributed by atoms with Gasteiger partial charge in [-0.1, -0.05) is 0 Å². The van der Waals surface area contributed by atoms with Crippen molar-refractivity contribution in [1.82, 2.24) is 0 Å². The average molecular weight is 216 g/mol. The SMILES string of the molecule is COCCCC1(O)CC2CCC(C1)S2. The van der Waals surface area contributed by atoms with E-state index >= 15 is 0 Å². The van der Waals surface area contributed by atoms with Crippen molar-refractivity contribution >= 4 is 11.8 Å². The van der Waals surface area contributed by atoms with Crippen LogP contribution in [0.25, 0.3) is 0 Å². The maximum absolute atomic E-state index is 10.4. The lowest BCUT2D eigenvalue weighted by molar-refractivity contribution is 0.00769. The molecule has 1 N–H and O–H groups in total. The second-order valence-electron chi connectivity index (χ2n) is 4.69. The van der Waals surface area contributed by atoms with Crippen LogP contribution in [-0.2, 0) is 4.74 Å². The number of methoxy groups -OCH3 is 1. The number of ether oxygens (including phenoxy) is 1. The molecule has 82 valence electrons. The van der Waals surface area contributed by atoms with Crippen LogP contribution in [-0.4, -0.2) is 34.9 Å². The van der Waals surface area contributed by atoms with Crippen LogP contribution in [0.2, 0.25) is 0 Å². The van der Waals surface area contributed by atoms with Crippen molar-refractivity contribution in [2.75, 3.05) is 13.7 Å². The van der Waals surface area contributed by atoms with Crippen LogP contribution in [0.15, 0.2) is 0 Å². The summed E-state index contributed by atoms with van der Waals surface area (Å²) in [5.41, 5.74) is -0.365. The lowest BCUT2D eigenvalue weighted by Crippen LogP contribution is -2.37. The summed E-state index contributed by atoms with van der Waals surface area (Å²) in [5.74, 6) is 0. The van der Waals surface area contributed by atoms with Crippen LogP contribution < -0.4 is 0 Å². The molecule has 2 fully saturated rings. The zero-order chi connectivity index (χ0) is 10.0. The van der Waals surface area contributed by atoms with E-state index in [0.717, 1.165) is 42.8 Å². The Morgan fingerprint density at radius 1 is 1.36 bits per heavy atom. The second-order valence-corrected chi connectivity index (χ2v) is 6.29. The van der Waals surface area contributed by atoms with Gasteiger partial charge < -0.3 is 9.84 Å². The van der Waals surface area contributed by atoms with Gasteiger partial charge in [-0.2, -0.15) is 11.8 Å². The molecule has 0 aromatic rings. The predicted octanol–water partition coefficient (Wildman–Crippen LogP) is 2.20. The van der Waals surface area contributed by atoms with E-state index in [-0.39, 0.29) is 5.60 Å². The van der Waals surface area contributed by atoms with Gasteiger partial charge in [0.15, 0.2) is 0 Å². The molecule has 2 bridgehead atoms. The van der Waals surface area contributed by atoms with Crippen molar-refractivity contribution in [3.63, 3.8) is 0 Å². The number of fused-ring (bicyclic) bond motifs is 2. The van der Waals surface area contributed by atoms with Gasteiger partial charge in [0.1, 0.15) is 0 Å². The third-order valence-corrected chi connectivity index (χ3v) is 4.98. The highest BCUT2D eigenvalue weighted by Gasteiger charge is 2.42. The molecule has 2 rings (SSSR count). The topological polar surface area (TPSA) is 29.5 Å². The second kappa shape index (κ2) is 4.42. The minimum atomic E-state index is -0.365. The van der Waals surface area contributed by atoms with E-state index in [2.05, 4.69) is 11.8 Å². The summed E-state index contributed by atoms with van der Waals surface area (Å²) in [4.78, 5) is 0. The van der Waals surface area contributed by atoms with E-state index < -0.39 is 0 Å². The Kier molecular flexibility index (Phi) is 3.40. The number of rotatable bonds is 4. The van der Waals surface area contributed by atoms with Crippen molar-refractivity contribution in [3.8, 4) is 0 Å². The van der Waals surface area contributed by atoms with Crippen molar-refractivity contribution in [3.05, 3.63) is 0 Å². The van der Waals surface area contributed by atoms with Gasteiger partial charge in [0, 0.05) is 24.2 Å². The molecule has 3 heteroatoms. The minimum Gasteiger partial charge on any atom is -0.390 e. The predicted molar refractivity (Wildman–Crippen MR) is 59.7 cm³/mol. The van der Waals surface area contributed by atoms with Gasteiger partial charge in [0.05, 0.1) is 5.60 Å². The van der Waals surface area contributed by atoms with Crippen molar-refractivity contribution < 1.29 is 9.84 Å². The lowest BCUT2D eigenvalue weighted by atomic mass is 9.89. The van der Waals surface area contributed by atoms with E-state index in [9.17, 15) is 5.11 Å². The molecule has 2 saturated heterocycles. The third-order valence-electron chi connectivity index (χ3n) is 3.40. The molecule has 0 saturated carbocycles. The molecular weight excluding hydrogens is 196 g/mol. The molecule has 0 amide bonds. The third kappa shape index (κ3) is 2.44. The van der Waals surface area contributed by atoms with E-state index in [1.807, 2.05) is 0 Å². The molecule has 0 radical (unpaired) electrons. The molecular formula is C11H20O2S. The molecule has 2 aliphatic rings. The minimum absolute atomic E-state index is 0.365. The van der Waals surface area contributed by atoms with Crippen LogP contribution >= 0.6 is 11.8 Å². The van der Waals surface area contributed by atoms with Crippen LogP contribution in [0.5, 0.6) is 0 Å². The molecule has 0 aromatic carbocycles. The quantitative estimate of drug-likeness (QED) is 0.731. The molecule has 14 heavy (non-hydrogen) atoms. The number of hydrogen-bond acceptors (Lipinski definition) is 3. The highest BCUT2D eigenvalue weighted by atomic mass is 32.2. The first-order valence-electron chi connectivity index (χ1n) is 5.59. The van der Waals surface area contributed by atoms with Gasteiger partial charge in [-0.3, -0.25) is 0 Å². The summed E-state index contributed by atoms with van der Waals surface area (Å²) in [7, 11) is 1.73. The van der Waals surface area contributed by atoms with E-state index in [0.29, 0.717) is 0 Å². The van der Waals surface area contributed by atoms with Crippen LogP contribution in [0.4, 0.5) is 0 Å². The maximum atomic E-state index is 10.4. The van der Waals surface area contributed by atoms with Gasteiger partial charge in [-0.05, 0) is 38.5 Å². The zero-order valence-corrected chi connectivity index (χ0v) is 9.68. The van der Waals surface area contributed by atoms with Gasteiger partial charge in [0.25, 0.3) is 0 Å². The van der Waals surface area contributed by atoms with Crippen molar-refractivity contribution in [1.29, 1.82) is 0 Å². The van der Waals surface area contributed by atoms with E-state index in [1.54, 1.807) is 7.11 Å². The first-order valence-corrected chi connectivity index (χ1v) is 6.53. The number of thioether (sulfide) groups is 1. The maximum Gasteiger partial charge on any atom is 0.0669 e. The molecule has 0 aromatic heterocycles. The van der Waals surface area contributed by atoms with Gasteiger partial charge in [0.2, 0.25) is 0 Å². The van der Waals surface area contributed by atoms with Crippen LogP contribution in [0.1, 0.15) is 38.5 Å². The fourth-order valence-electron chi connectivity index (χ4n) is 2.76. The van der Waals surface area contributed by atoms with Crippen molar-refractivity contribution in [2.24, 2.45) is 0 Å². The molecule has 2 heterocycles. The first kappa shape index (κ1) is 10.8. The Morgan fingerprint density at radius 3 is 2.57 bits per heavy atom. The number of hydrogen-bond donors (Lipinski definition) is 1. The average Bonchev–Trinajstić information content (AvgIpc) is 2.46. The fraction of sp³-hybridized carbons (Fsp3) is 1.00. The Morgan fingerprint density at radius 2 is 2.00 bits per heavy atom. The highest BCUT2D eigenvalue weighted by molar-refractivity contribution is 8.00. The molecule has 2 nitrogen and oxygen atoms in total. The summed E-state index contributed by atoms with van der Waals surface area (Å²) in [6.45, 7) is 0.783. The summed E-state index contributed by atoms with van der Waals surface area (Å²) in [5, 5.41) is 11.9. The van der Waals surface area contributed by atoms with Gasteiger partial charge >= 0.3 is 0 Å². The molecule has 0 aliphatic carbocycles. The standard InChI is InChI=1S/C11H20O2S/c1-13-6-2-5-11(12)7-9-3-4-10(8-11)14-9/h9-10,12H,2-8H2,1H3. The zero-order valence-electron chi connectivity index (χ0n) is 8.87. The largest absolute Gasteiger partial charge is 0.390 e. The van der Waals surface area contributed by atoms with E-state index in [1.165, 1.54) is 12.8 Å². The monoisotopic (exact) mass is 216 g/mol. The number of aliphatic hydroxyl groups is 1. The Balaban J connectivity index is 1.83. The van der Waals surface area contributed by atoms with Crippen LogP contribution in [0.3, 0.4) is 0 Å². The molecule has 2 aliphatic heterocycles. The fourth-order valence-corrected chi connectivity index (χ4v) is 4.66.